The monoisotopic (exact) mass is 497 g/mol. The Balaban J connectivity index is 1.29. The minimum absolute atomic E-state index is 0.0105. The van der Waals surface area contributed by atoms with Gasteiger partial charge in [-0.15, -0.1) is 0 Å². The lowest BCUT2D eigenvalue weighted by atomic mass is 9.71. The molecule has 2 aliphatic rings. The zero-order valence-electron chi connectivity index (χ0n) is 21.5. The molecule has 2 aromatic carbocycles. The highest BCUT2D eigenvalue weighted by Gasteiger charge is 2.44. The smallest absolute Gasteiger partial charge is 0.256 e. The summed E-state index contributed by atoms with van der Waals surface area (Å²) in [5.41, 5.74) is 1.87. The van der Waals surface area contributed by atoms with Gasteiger partial charge in [0.1, 0.15) is 0 Å². The first kappa shape index (κ1) is 24.9. The van der Waals surface area contributed by atoms with Gasteiger partial charge in [-0.1, -0.05) is 60.7 Å². The third kappa shape index (κ3) is 5.36. The first-order chi connectivity index (χ1) is 18.1. The van der Waals surface area contributed by atoms with Gasteiger partial charge in [0.15, 0.2) is 0 Å². The average molecular weight is 498 g/mol. The number of carbonyl (C=O) groups is 2. The molecule has 0 bridgehead atoms. The van der Waals surface area contributed by atoms with Gasteiger partial charge in [-0.05, 0) is 50.2 Å². The number of hydrogen-bond donors (Lipinski definition) is 1. The van der Waals surface area contributed by atoms with E-state index < -0.39 is 5.41 Å². The summed E-state index contributed by atoms with van der Waals surface area (Å²) in [6.07, 6.45) is 7.96. The molecule has 0 aliphatic carbocycles. The largest absolute Gasteiger partial charge is 0.349 e. The van der Waals surface area contributed by atoms with Crippen LogP contribution >= 0.6 is 0 Å². The number of piperidine rings is 2. The minimum Gasteiger partial charge on any atom is -0.349 e. The summed E-state index contributed by atoms with van der Waals surface area (Å²) in [7, 11) is 0. The lowest BCUT2D eigenvalue weighted by molar-refractivity contribution is -0.129. The summed E-state index contributed by atoms with van der Waals surface area (Å²) in [4.78, 5) is 40.1. The summed E-state index contributed by atoms with van der Waals surface area (Å²) >= 11 is 0. The van der Waals surface area contributed by atoms with Crippen molar-refractivity contribution >= 4 is 17.8 Å². The van der Waals surface area contributed by atoms with Crippen molar-refractivity contribution in [1.82, 2.24) is 20.2 Å². The van der Waals surface area contributed by atoms with Gasteiger partial charge in [0.25, 0.3) is 5.91 Å². The van der Waals surface area contributed by atoms with Crippen molar-refractivity contribution in [3.63, 3.8) is 0 Å². The SMILES string of the molecule is CC(NC(=O)C1(c2ccccc2)CCN(C(=O)c2cnc(N3CCCCC3)nc2)CC1)c1ccccc1. The van der Waals surface area contributed by atoms with Crippen LogP contribution < -0.4 is 10.2 Å². The molecule has 0 saturated carbocycles. The van der Waals surface area contributed by atoms with E-state index in [0.29, 0.717) is 37.4 Å². The molecule has 7 nitrogen and oxygen atoms in total. The zero-order valence-corrected chi connectivity index (χ0v) is 21.5. The number of likely N-dealkylation sites (tertiary alicyclic amines) is 1. The maximum absolute atomic E-state index is 13.8. The summed E-state index contributed by atoms with van der Waals surface area (Å²) in [6, 6.07) is 19.9. The average Bonchev–Trinajstić information content (AvgIpc) is 2.98. The lowest BCUT2D eigenvalue weighted by Crippen LogP contribution is -2.53. The number of rotatable bonds is 6. The third-order valence-corrected chi connectivity index (χ3v) is 7.84. The number of aromatic nitrogens is 2. The van der Waals surface area contributed by atoms with Crippen LogP contribution in [0.25, 0.3) is 0 Å². The van der Waals surface area contributed by atoms with Gasteiger partial charge in [0.2, 0.25) is 11.9 Å². The van der Waals surface area contributed by atoms with E-state index in [4.69, 9.17) is 0 Å². The first-order valence-corrected chi connectivity index (χ1v) is 13.3. The molecule has 3 aromatic rings. The van der Waals surface area contributed by atoms with Gasteiger partial charge in [0.05, 0.1) is 17.0 Å². The van der Waals surface area contributed by atoms with E-state index >= 15 is 0 Å². The second-order valence-corrected chi connectivity index (χ2v) is 10.2. The van der Waals surface area contributed by atoms with Gasteiger partial charge >= 0.3 is 0 Å². The standard InChI is InChI=1S/C30H35N5O2/c1-23(24-11-5-2-6-12-24)33-28(37)30(26-13-7-3-8-14-26)15-19-34(20-16-30)27(36)25-21-31-29(32-22-25)35-17-9-4-10-18-35/h2-3,5-8,11-14,21-23H,4,9-10,15-20H2,1H3,(H,33,37). The fourth-order valence-corrected chi connectivity index (χ4v) is 5.53. The van der Waals surface area contributed by atoms with Crippen molar-refractivity contribution in [2.75, 3.05) is 31.1 Å². The van der Waals surface area contributed by atoms with Crippen molar-refractivity contribution in [2.24, 2.45) is 0 Å². The molecule has 2 aliphatic heterocycles. The van der Waals surface area contributed by atoms with Crippen LogP contribution in [0.1, 0.15) is 66.6 Å². The molecule has 5 rings (SSSR count). The van der Waals surface area contributed by atoms with Gasteiger partial charge in [-0.25, -0.2) is 9.97 Å². The van der Waals surface area contributed by atoms with Crippen LogP contribution in [0, 0.1) is 0 Å². The van der Waals surface area contributed by atoms with Gasteiger partial charge < -0.3 is 15.1 Å². The molecule has 3 heterocycles. The summed E-state index contributed by atoms with van der Waals surface area (Å²) in [5, 5.41) is 3.25. The van der Waals surface area contributed by atoms with E-state index in [0.717, 1.165) is 37.1 Å². The molecule has 37 heavy (non-hydrogen) atoms. The predicted molar refractivity (Wildman–Crippen MR) is 144 cm³/mol. The first-order valence-electron chi connectivity index (χ1n) is 13.3. The highest BCUT2D eigenvalue weighted by Crippen LogP contribution is 2.37. The Morgan fingerprint density at radius 2 is 1.43 bits per heavy atom. The molecule has 1 aromatic heterocycles. The summed E-state index contributed by atoms with van der Waals surface area (Å²) < 4.78 is 0. The van der Waals surface area contributed by atoms with E-state index in [9.17, 15) is 9.59 Å². The molecule has 1 atom stereocenters. The Labute approximate surface area is 218 Å². The van der Waals surface area contributed by atoms with Crippen LogP contribution in [0.2, 0.25) is 0 Å². The Morgan fingerprint density at radius 3 is 2.05 bits per heavy atom. The number of anilines is 1. The number of benzene rings is 2. The minimum atomic E-state index is -0.685. The number of nitrogens with zero attached hydrogens (tertiary/aromatic N) is 4. The summed E-state index contributed by atoms with van der Waals surface area (Å²) in [5.74, 6) is 0.628. The van der Waals surface area contributed by atoms with Gasteiger partial charge in [-0.2, -0.15) is 0 Å². The van der Waals surface area contributed by atoms with E-state index in [1.54, 1.807) is 12.4 Å². The van der Waals surface area contributed by atoms with E-state index in [1.807, 2.05) is 72.5 Å². The van der Waals surface area contributed by atoms with Gasteiger partial charge in [0, 0.05) is 38.6 Å². The fraction of sp³-hybridized carbons (Fsp3) is 0.400. The van der Waals surface area contributed by atoms with Crippen molar-refractivity contribution in [3.8, 4) is 0 Å². The Kier molecular flexibility index (Phi) is 7.49. The maximum Gasteiger partial charge on any atom is 0.256 e. The normalized spacial score (nSPS) is 18.2. The topological polar surface area (TPSA) is 78.4 Å². The molecule has 1 N–H and O–H groups in total. The lowest BCUT2D eigenvalue weighted by Gasteiger charge is -2.41. The molecule has 1 unspecified atom stereocenters. The zero-order chi connectivity index (χ0) is 25.7. The Morgan fingerprint density at radius 1 is 0.838 bits per heavy atom. The third-order valence-electron chi connectivity index (χ3n) is 7.84. The molecule has 0 radical (unpaired) electrons. The molecule has 2 saturated heterocycles. The molecular formula is C30H35N5O2. The van der Waals surface area contributed by atoms with Gasteiger partial charge in [-0.3, -0.25) is 9.59 Å². The highest BCUT2D eigenvalue weighted by atomic mass is 16.2. The van der Waals surface area contributed by atoms with Crippen LogP contribution in [0.4, 0.5) is 5.95 Å². The van der Waals surface area contributed by atoms with E-state index in [-0.39, 0.29) is 17.9 Å². The van der Waals surface area contributed by atoms with Crippen LogP contribution in [-0.4, -0.2) is 52.9 Å². The molecule has 0 spiro atoms. The van der Waals surface area contributed by atoms with Crippen molar-refractivity contribution in [2.45, 2.75) is 50.5 Å². The Hall–Kier alpha value is -3.74. The van der Waals surface area contributed by atoms with Crippen molar-refractivity contribution in [1.29, 1.82) is 0 Å². The number of nitrogens with one attached hydrogen (secondary N) is 1. The van der Waals surface area contributed by atoms with Crippen LogP contribution in [-0.2, 0) is 10.2 Å². The highest BCUT2D eigenvalue weighted by molar-refractivity contribution is 5.94. The van der Waals surface area contributed by atoms with E-state index in [2.05, 4.69) is 20.2 Å². The fourth-order valence-electron chi connectivity index (χ4n) is 5.53. The number of amides is 2. The molecule has 2 fully saturated rings. The van der Waals surface area contributed by atoms with Crippen LogP contribution in [0.3, 0.4) is 0 Å². The van der Waals surface area contributed by atoms with Crippen molar-refractivity contribution < 1.29 is 9.59 Å². The second-order valence-electron chi connectivity index (χ2n) is 10.2. The molecule has 192 valence electrons. The van der Waals surface area contributed by atoms with Crippen LogP contribution in [0.15, 0.2) is 73.1 Å². The van der Waals surface area contributed by atoms with Crippen molar-refractivity contribution in [3.05, 3.63) is 89.7 Å². The number of hydrogen-bond acceptors (Lipinski definition) is 5. The molecule has 7 heteroatoms. The second kappa shape index (κ2) is 11.1. The Bertz CT molecular complexity index is 1190. The van der Waals surface area contributed by atoms with E-state index in [1.165, 1.54) is 6.42 Å². The predicted octanol–water partition coefficient (Wildman–Crippen LogP) is 4.52. The van der Waals surface area contributed by atoms with Crippen LogP contribution in [0.5, 0.6) is 0 Å². The molecule has 2 amide bonds. The quantitative estimate of drug-likeness (QED) is 0.542. The number of carbonyl (C=O) groups excluding carboxylic acids is 2. The molecular weight excluding hydrogens is 462 g/mol. The summed E-state index contributed by atoms with van der Waals surface area (Å²) in [6.45, 7) is 4.93. The maximum atomic E-state index is 13.8.